The van der Waals surface area contributed by atoms with Gasteiger partial charge in [-0.2, -0.15) is 4.98 Å². The van der Waals surface area contributed by atoms with Crippen molar-refractivity contribution in [2.24, 2.45) is 5.92 Å². The molecule has 1 amide bonds. The number of nitrogens with one attached hydrogen (secondary N) is 1. The maximum Gasteiger partial charge on any atom is 0.241 e. The Balaban J connectivity index is 1.29. The molecule has 1 fully saturated rings. The number of nitrogens with zero attached hydrogens (tertiary/aromatic N) is 3. The third kappa shape index (κ3) is 4.91. The van der Waals surface area contributed by atoms with Gasteiger partial charge in [0.15, 0.2) is 0 Å². The molecule has 1 aliphatic heterocycles. The molecule has 1 saturated heterocycles. The summed E-state index contributed by atoms with van der Waals surface area (Å²) in [4.78, 5) is 19.3. The minimum Gasteiger partial charge on any atom is -0.338 e. The Kier molecular flexibility index (Phi) is 5.90. The lowest BCUT2D eigenvalue weighted by atomic mass is 9.95. The standard InChI is InChI=1S/C23H25FN4O2/c1-15-11-16(2)13-20(12-15)25-23(29)18-7-9-28(10-8-18)14-21-26-22(27-30-21)17-3-5-19(24)6-4-17/h3-6,11-13,18H,7-10,14H2,1-2H3,(H,25,29). The smallest absolute Gasteiger partial charge is 0.241 e. The van der Waals surface area contributed by atoms with E-state index in [1.807, 2.05) is 26.0 Å². The first-order chi connectivity index (χ1) is 14.5. The first-order valence-corrected chi connectivity index (χ1v) is 10.2. The molecule has 156 valence electrons. The number of aromatic nitrogens is 2. The maximum absolute atomic E-state index is 13.1. The molecule has 1 aromatic heterocycles. The second-order valence-corrected chi connectivity index (χ2v) is 7.93. The molecule has 7 heteroatoms. The molecular weight excluding hydrogens is 383 g/mol. The molecule has 0 aliphatic carbocycles. The zero-order valence-corrected chi connectivity index (χ0v) is 17.2. The van der Waals surface area contributed by atoms with Crippen LogP contribution in [-0.2, 0) is 11.3 Å². The number of hydrogen-bond acceptors (Lipinski definition) is 5. The van der Waals surface area contributed by atoms with Crippen LogP contribution in [0.2, 0.25) is 0 Å². The van der Waals surface area contributed by atoms with Crippen LogP contribution in [0.1, 0.15) is 29.9 Å². The van der Waals surface area contributed by atoms with E-state index in [2.05, 4.69) is 26.4 Å². The van der Waals surface area contributed by atoms with Gasteiger partial charge in [0.25, 0.3) is 0 Å². The van der Waals surface area contributed by atoms with E-state index in [0.717, 1.165) is 42.7 Å². The third-order valence-corrected chi connectivity index (χ3v) is 5.38. The van der Waals surface area contributed by atoms with E-state index in [4.69, 9.17) is 4.52 Å². The molecule has 4 rings (SSSR count). The normalized spacial score (nSPS) is 15.3. The summed E-state index contributed by atoms with van der Waals surface area (Å²) in [7, 11) is 0. The van der Waals surface area contributed by atoms with Crippen LogP contribution in [0, 0.1) is 25.6 Å². The largest absolute Gasteiger partial charge is 0.338 e. The SMILES string of the molecule is Cc1cc(C)cc(NC(=O)C2CCN(Cc3nc(-c4ccc(F)cc4)no3)CC2)c1. The second-order valence-electron chi connectivity index (χ2n) is 7.93. The fourth-order valence-electron chi connectivity index (χ4n) is 3.87. The molecular formula is C23H25FN4O2. The van der Waals surface area contributed by atoms with Crippen LogP contribution < -0.4 is 5.32 Å². The minimum absolute atomic E-state index is 0.000435. The Labute approximate surface area is 175 Å². The topological polar surface area (TPSA) is 71.3 Å². The summed E-state index contributed by atoms with van der Waals surface area (Å²) >= 11 is 0. The van der Waals surface area contributed by atoms with Crippen molar-refractivity contribution in [1.82, 2.24) is 15.0 Å². The Hall–Kier alpha value is -3.06. The van der Waals surface area contributed by atoms with Crippen LogP contribution in [0.25, 0.3) is 11.4 Å². The predicted octanol–water partition coefficient (Wildman–Crippen LogP) is 4.34. The van der Waals surface area contributed by atoms with Crippen LogP contribution in [0.5, 0.6) is 0 Å². The first-order valence-electron chi connectivity index (χ1n) is 10.2. The number of aryl methyl sites for hydroxylation is 2. The highest BCUT2D eigenvalue weighted by molar-refractivity contribution is 5.92. The zero-order chi connectivity index (χ0) is 21.1. The van der Waals surface area contributed by atoms with E-state index >= 15 is 0 Å². The van der Waals surface area contributed by atoms with Crippen LogP contribution in [0.4, 0.5) is 10.1 Å². The molecule has 2 aromatic carbocycles. The van der Waals surface area contributed by atoms with Gasteiger partial charge in [-0.1, -0.05) is 11.2 Å². The van der Waals surface area contributed by atoms with Crippen molar-refractivity contribution < 1.29 is 13.7 Å². The fraction of sp³-hybridized carbons (Fsp3) is 0.348. The number of amides is 1. The van der Waals surface area contributed by atoms with E-state index in [9.17, 15) is 9.18 Å². The molecule has 1 N–H and O–H groups in total. The summed E-state index contributed by atoms with van der Waals surface area (Å²) in [5.41, 5.74) is 3.85. The van der Waals surface area contributed by atoms with Gasteiger partial charge in [-0.05, 0) is 87.3 Å². The van der Waals surface area contributed by atoms with Crippen molar-refractivity contribution in [2.75, 3.05) is 18.4 Å². The van der Waals surface area contributed by atoms with Gasteiger partial charge in [0, 0.05) is 17.2 Å². The van der Waals surface area contributed by atoms with Gasteiger partial charge in [0.05, 0.1) is 6.54 Å². The molecule has 0 radical (unpaired) electrons. The number of piperidine rings is 1. The van der Waals surface area contributed by atoms with Gasteiger partial charge < -0.3 is 9.84 Å². The first kappa shape index (κ1) is 20.2. The van der Waals surface area contributed by atoms with Crippen molar-refractivity contribution in [1.29, 1.82) is 0 Å². The highest BCUT2D eigenvalue weighted by atomic mass is 19.1. The molecule has 6 nitrogen and oxygen atoms in total. The second kappa shape index (κ2) is 8.75. The lowest BCUT2D eigenvalue weighted by molar-refractivity contribution is -0.121. The van der Waals surface area contributed by atoms with Crippen molar-refractivity contribution in [3.8, 4) is 11.4 Å². The Morgan fingerprint density at radius 3 is 2.47 bits per heavy atom. The summed E-state index contributed by atoms with van der Waals surface area (Å²) < 4.78 is 18.4. The monoisotopic (exact) mass is 408 g/mol. The van der Waals surface area contributed by atoms with Crippen molar-refractivity contribution in [3.05, 3.63) is 65.3 Å². The molecule has 2 heterocycles. The van der Waals surface area contributed by atoms with Crippen molar-refractivity contribution in [3.63, 3.8) is 0 Å². The summed E-state index contributed by atoms with van der Waals surface area (Å²) in [5, 5.41) is 7.04. The third-order valence-electron chi connectivity index (χ3n) is 5.38. The van der Waals surface area contributed by atoms with Crippen molar-refractivity contribution in [2.45, 2.75) is 33.2 Å². The van der Waals surface area contributed by atoms with Gasteiger partial charge in [0.1, 0.15) is 5.82 Å². The summed E-state index contributed by atoms with van der Waals surface area (Å²) in [6.07, 6.45) is 1.57. The zero-order valence-electron chi connectivity index (χ0n) is 17.2. The highest BCUT2D eigenvalue weighted by Gasteiger charge is 2.26. The lowest BCUT2D eigenvalue weighted by Crippen LogP contribution is -2.37. The Morgan fingerprint density at radius 1 is 1.13 bits per heavy atom. The van der Waals surface area contributed by atoms with Gasteiger partial charge in [-0.3, -0.25) is 9.69 Å². The number of halogens is 1. The Morgan fingerprint density at radius 2 is 1.80 bits per heavy atom. The minimum atomic E-state index is -0.299. The molecule has 0 atom stereocenters. The van der Waals surface area contributed by atoms with Gasteiger partial charge in [0.2, 0.25) is 17.6 Å². The number of hydrogen-bond donors (Lipinski definition) is 1. The highest BCUT2D eigenvalue weighted by Crippen LogP contribution is 2.23. The fourth-order valence-corrected chi connectivity index (χ4v) is 3.87. The predicted molar refractivity (Wildman–Crippen MR) is 112 cm³/mol. The summed E-state index contributed by atoms with van der Waals surface area (Å²) in [6, 6.07) is 12.1. The van der Waals surface area contributed by atoms with Crippen LogP contribution in [0.15, 0.2) is 47.0 Å². The molecule has 3 aromatic rings. The Bertz CT molecular complexity index is 1000. The number of anilines is 1. The molecule has 0 bridgehead atoms. The number of carbonyl (C=O) groups excluding carboxylic acids is 1. The van der Waals surface area contributed by atoms with E-state index in [1.54, 1.807) is 12.1 Å². The van der Waals surface area contributed by atoms with Crippen LogP contribution in [0.3, 0.4) is 0 Å². The van der Waals surface area contributed by atoms with E-state index < -0.39 is 0 Å². The van der Waals surface area contributed by atoms with Crippen molar-refractivity contribution >= 4 is 11.6 Å². The average molecular weight is 408 g/mol. The van der Waals surface area contributed by atoms with E-state index in [-0.39, 0.29) is 17.6 Å². The van der Waals surface area contributed by atoms with Gasteiger partial charge in [-0.15, -0.1) is 0 Å². The van der Waals surface area contributed by atoms with Gasteiger partial charge in [-0.25, -0.2) is 4.39 Å². The molecule has 30 heavy (non-hydrogen) atoms. The van der Waals surface area contributed by atoms with Crippen LogP contribution >= 0.6 is 0 Å². The number of carbonyl (C=O) groups is 1. The average Bonchev–Trinajstić information content (AvgIpc) is 3.16. The van der Waals surface area contributed by atoms with Gasteiger partial charge >= 0.3 is 0 Å². The molecule has 1 aliphatic rings. The summed E-state index contributed by atoms with van der Waals surface area (Å²) in [5.74, 6) is 0.752. The number of rotatable bonds is 5. The van der Waals surface area contributed by atoms with E-state index in [0.29, 0.717) is 23.8 Å². The van der Waals surface area contributed by atoms with Crippen LogP contribution in [-0.4, -0.2) is 34.0 Å². The molecule has 0 spiro atoms. The van der Waals surface area contributed by atoms with E-state index in [1.165, 1.54) is 12.1 Å². The number of likely N-dealkylation sites (tertiary alicyclic amines) is 1. The lowest BCUT2D eigenvalue weighted by Gasteiger charge is -2.30. The molecule has 0 saturated carbocycles. The summed E-state index contributed by atoms with van der Waals surface area (Å²) in [6.45, 7) is 6.18. The maximum atomic E-state index is 13.1. The quantitative estimate of drug-likeness (QED) is 0.680. The number of benzene rings is 2. The molecule has 0 unspecified atom stereocenters.